The van der Waals surface area contributed by atoms with Crippen molar-refractivity contribution in [2.45, 2.75) is 14.9 Å². The van der Waals surface area contributed by atoms with Gasteiger partial charge in [0.2, 0.25) is 0 Å². The SMILES string of the molecule is C.C.[B].[B][B]. The number of hydrogen-bond acceptors (Lipinski definition) is 0. The maximum absolute atomic E-state index is 4.00. The summed E-state index contributed by atoms with van der Waals surface area (Å²) in [6.45, 7) is 0. The van der Waals surface area contributed by atoms with E-state index in [1.165, 1.54) is 0 Å². The molecular weight excluding hydrogens is 56.5 g/mol. The van der Waals surface area contributed by atoms with Crippen LogP contribution in [0, 0.1) is 0 Å². The minimum atomic E-state index is 0. The molecule has 0 amide bonds. The highest BCUT2D eigenvalue weighted by atomic mass is 12.0. The molecule has 0 bridgehead atoms. The molecule has 0 aromatic heterocycles. The zero-order valence-corrected chi connectivity index (χ0v) is 1.73. The molecule has 3 heteroatoms. The average Bonchev–Trinajstić information content (AvgIpc) is 1.00. The maximum atomic E-state index is 4.00. The lowest BCUT2D eigenvalue weighted by Crippen LogP contribution is -1.38. The third-order valence-electron chi connectivity index (χ3n) is 0. The van der Waals surface area contributed by atoms with Gasteiger partial charge in [0.15, 0.2) is 0 Å². The molecule has 0 atom stereocenters. The smallest absolute Gasteiger partial charge is 0 e. The van der Waals surface area contributed by atoms with E-state index in [0.29, 0.717) is 0 Å². The third kappa shape index (κ3) is 532. The van der Waals surface area contributed by atoms with Gasteiger partial charge in [0.05, 0.1) is 0 Å². The fourth-order valence-electron chi connectivity index (χ4n) is 0. The molecule has 0 saturated heterocycles. The van der Waals surface area contributed by atoms with Gasteiger partial charge in [-0.3, -0.25) is 0 Å². The first kappa shape index (κ1) is 64.0. The van der Waals surface area contributed by atoms with Gasteiger partial charge in [-0.15, -0.1) is 0 Å². The Morgan fingerprint density at radius 2 is 0.800 bits per heavy atom. The zero-order chi connectivity index (χ0) is 2.00. The van der Waals surface area contributed by atoms with E-state index in [1.54, 1.807) is 0 Å². The fourth-order valence-corrected chi connectivity index (χ4v) is 0. The van der Waals surface area contributed by atoms with Gasteiger partial charge >= 0.3 is 0 Å². The molecule has 0 nitrogen and oxygen atoms in total. The van der Waals surface area contributed by atoms with Crippen LogP contribution >= 0.6 is 0 Å². The molecule has 25 valence electrons. The van der Waals surface area contributed by atoms with Crippen LogP contribution in [0.5, 0.6) is 0 Å². The Morgan fingerprint density at radius 1 is 0.800 bits per heavy atom. The van der Waals surface area contributed by atoms with Gasteiger partial charge in [0, 0.05) is 23.9 Å². The third-order valence-corrected chi connectivity index (χ3v) is 0. The molecule has 0 aromatic carbocycles. The topological polar surface area (TPSA) is 0 Å². The molecule has 0 heterocycles. The normalized spacial score (nSPS) is 0.800. The summed E-state index contributed by atoms with van der Waals surface area (Å²) in [4.78, 5) is 0. The average molecular weight is 64.5 g/mol. The van der Waals surface area contributed by atoms with Crippen molar-refractivity contribution in [3.8, 4) is 0 Å². The predicted molar refractivity (Wildman–Crippen MR) is 30.7 cm³/mol. The highest BCUT2D eigenvalue weighted by molar-refractivity contribution is 6.75. The Morgan fingerprint density at radius 3 is 0.800 bits per heavy atom. The zero-order valence-electron chi connectivity index (χ0n) is 1.73. The standard InChI is InChI=1S/2CH4.B2.B/c;;1-2;/h2*1H4;;. The highest BCUT2D eigenvalue weighted by Crippen LogP contribution is 0.619. The molecule has 0 aliphatic rings. The van der Waals surface area contributed by atoms with Crippen molar-refractivity contribution in [3.63, 3.8) is 0 Å². The Hall–Kier alpha value is 0.195. The van der Waals surface area contributed by atoms with E-state index >= 15 is 0 Å². The quantitative estimate of drug-likeness (QED) is 0.351. The number of rotatable bonds is 0. The van der Waals surface area contributed by atoms with Crippen LogP contribution in [-0.4, -0.2) is 23.9 Å². The van der Waals surface area contributed by atoms with E-state index in [-0.39, 0.29) is 23.3 Å². The van der Waals surface area contributed by atoms with Crippen molar-refractivity contribution in [2.75, 3.05) is 0 Å². The maximum Gasteiger partial charge on any atom is 0 e. The largest absolute Gasteiger partial charge is 0.0776 e. The summed E-state index contributed by atoms with van der Waals surface area (Å²) in [5.74, 6) is 0. The Bertz CT molecular complexity index is 4.85. The molecule has 0 aromatic rings. The molecule has 0 N–H and O–H groups in total. The second kappa shape index (κ2) is 1130. The Balaban J connectivity index is -0.00000000167. The first-order chi connectivity index (χ1) is 1.00. The van der Waals surface area contributed by atoms with E-state index in [1.807, 2.05) is 0 Å². The minimum absolute atomic E-state index is 0. The van der Waals surface area contributed by atoms with E-state index < -0.39 is 0 Å². The minimum Gasteiger partial charge on any atom is -0.0776 e. The number of hydrogen-bond donors (Lipinski definition) is 0. The van der Waals surface area contributed by atoms with Crippen LogP contribution < -0.4 is 0 Å². The first-order valence-electron chi connectivity index (χ1n) is 0.333. The second-order valence-corrected chi connectivity index (χ2v) is 0. The summed E-state index contributed by atoms with van der Waals surface area (Å²) < 4.78 is 0. The van der Waals surface area contributed by atoms with Gasteiger partial charge in [0.25, 0.3) is 0 Å². The second-order valence-electron chi connectivity index (χ2n) is 0. The van der Waals surface area contributed by atoms with Crippen molar-refractivity contribution in [2.24, 2.45) is 0 Å². The fraction of sp³-hybridized carbons (Fsp3) is 1.00. The highest BCUT2D eigenvalue weighted by Gasteiger charge is 1.00. The van der Waals surface area contributed by atoms with Gasteiger partial charge in [-0.2, -0.15) is 0 Å². The lowest BCUT2D eigenvalue weighted by Gasteiger charge is -1.00. The van der Waals surface area contributed by atoms with Crippen molar-refractivity contribution in [1.82, 2.24) is 0 Å². The van der Waals surface area contributed by atoms with Crippen molar-refractivity contribution in [3.05, 3.63) is 0 Å². The van der Waals surface area contributed by atoms with Gasteiger partial charge < -0.3 is 0 Å². The molecule has 0 rings (SSSR count). The van der Waals surface area contributed by atoms with Gasteiger partial charge in [0.1, 0.15) is 0 Å². The van der Waals surface area contributed by atoms with Crippen molar-refractivity contribution < 1.29 is 0 Å². The van der Waals surface area contributed by atoms with E-state index in [2.05, 4.69) is 15.5 Å². The van der Waals surface area contributed by atoms with E-state index in [4.69, 9.17) is 0 Å². The molecule has 0 aliphatic heterocycles. The summed E-state index contributed by atoms with van der Waals surface area (Å²) in [7, 11) is 8.00. The van der Waals surface area contributed by atoms with Gasteiger partial charge in [-0.25, -0.2) is 0 Å². The van der Waals surface area contributed by atoms with Crippen LogP contribution in [0.25, 0.3) is 0 Å². The molecule has 0 saturated carbocycles. The van der Waals surface area contributed by atoms with Crippen LogP contribution in [0.15, 0.2) is 0 Å². The molecule has 0 unspecified atom stereocenters. The molecular formula is C2H8B3. The van der Waals surface area contributed by atoms with E-state index in [0.717, 1.165) is 0 Å². The summed E-state index contributed by atoms with van der Waals surface area (Å²) in [5.41, 5.74) is 0. The van der Waals surface area contributed by atoms with Crippen LogP contribution in [0.4, 0.5) is 0 Å². The molecule has 5 heavy (non-hydrogen) atoms. The van der Waals surface area contributed by atoms with Crippen LogP contribution in [-0.2, 0) is 0 Å². The monoisotopic (exact) mass is 65.1 g/mol. The predicted octanol–water partition coefficient (Wildman–Crippen LogP) is 0.130. The summed E-state index contributed by atoms with van der Waals surface area (Å²) in [6, 6.07) is 0. The Labute approximate surface area is 39.7 Å². The Kier molecular flexibility index (Phi) is 14400. The van der Waals surface area contributed by atoms with Gasteiger partial charge in [-0.05, 0) is 0 Å². The van der Waals surface area contributed by atoms with E-state index in [9.17, 15) is 0 Å². The molecule has 0 aliphatic carbocycles. The summed E-state index contributed by atoms with van der Waals surface area (Å²) in [5, 5.41) is 0. The first-order valence-corrected chi connectivity index (χ1v) is 0.333. The van der Waals surface area contributed by atoms with Crippen LogP contribution in [0.2, 0.25) is 0 Å². The summed E-state index contributed by atoms with van der Waals surface area (Å²) >= 11 is 0. The lowest BCUT2D eigenvalue weighted by molar-refractivity contribution is 2.50. The lowest BCUT2D eigenvalue weighted by atomic mass is 9.81. The van der Waals surface area contributed by atoms with Crippen LogP contribution in [0.3, 0.4) is 0 Å². The van der Waals surface area contributed by atoms with Crippen molar-refractivity contribution >= 4 is 23.9 Å². The van der Waals surface area contributed by atoms with Crippen molar-refractivity contribution in [1.29, 1.82) is 0 Å². The van der Waals surface area contributed by atoms with Crippen LogP contribution in [0.1, 0.15) is 14.9 Å². The molecule has 7 radical (unpaired) electrons. The molecule has 0 spiro atoms. The van der Waals surface area contributed by atoms with Gasteiger partial charge in [-0.1, -0.05) is 14.9 Å². The summed E-state index contributed by atoms with van der Waals surface area (Å²) in [6.07, 6.45) is 0. The molecule has 0 fully saturated rings.